The van der Waals surface area contributed by atoms with Gasteiger partial charge in [-0.05, 0) is 56.3 Å². The van der Waals surface area contributed by atoms with Crippen LogP contribution in [0, 0.1) is 0 Å². The number of thioether (sulfide) groups is 1. The zero-order valence-corrected chi connectivity index (χ0v) is 19.8. The minimum absolute atomic E-state index is 0.0481. The van der Waals surface area contributed by atoms with Gasteiger partial charge >= 0.3 is 5.97 Å². The summed E-state index contributed by atoms with van der Waals surface area (Å²) in [6.45, 7) is 4.29. The maximum absolute atomic E-state index is 12.8. The van der Waals surface area contributed by atoms with Gasteiger partial charge in [0.2, 0.25) is 11.8 Å². The molecule has 10 heteroatoms. The van der Waals surface area contributed by atoms with Crippen LogP contribution in [0.25, 0.3) is 0 Å². The van der Waals surface area contributed by atoms with Crippen LogP contribution in [0.5, 0.6) is 0 Å². The van der Waals surface area contributed by atoms with Crippen molar-refractivity contribution < 1.29 is 19.1 Å². The third kappa shape index (κ3) is 5.82. The number of nitrogens with one attached hydrogen (secondary N) is 1. The molecule has 1 aliphatic rings. The number of benzene rings is 2. The van der Waals surface area contributed by atoms with E-state index in [4.69, 9.17) is 27.9 Å². The van der Waals surface area contributed by atoms with Crippen molar-refractivity contribution in [3.8, 4) is 0 Å². The lowest BCUT2D eigenvalue weighted by Gasteiger charge is -2.30. The van der Waals surface area contributed by atoms with Gasteiger partial charge in [-0.3, -0.25) is 14.5 Å². The number of nitrogens with zero attached hydrogens (tertiary/aromatic N) is 2. The molecule has 0 radical (unpaired) electrons. The Labute approximate surface area is 200 Å². The third-order valence-corrected chi connectivity index (χ3v) is 6.47. The molecule has 0 aliphatic carbocycles. The van der Waals surface area contributed by atoms with Gasteiger partial charge in [0.15, 0.2) is 5.17 Å². The SMILES string of the molecule is CCOC(=O)c1ccc(N=C2SC(C(=O)Nc3ccc(Cl)c(Cl)c3)CC(=O)N2CC)cc1. The van der Waals surface area contributed by atoms with Crippen molar-refractivity contribution in [1.29, 1.82) is 0 Å². The number of halogens is 2. The Morgan fingerprint density at radius 2 is 1.88 bits per heavy atom. The summed E-state index contributed by atoms with van der Waals surface area (Å²) in [6.07, 6.45) is 0.0481. The number of hydrogen-bond donors (Lipinski definition) is 1. The number of anilines is 1. The molecule has 1 N–H and O–H groups in total. The molecule has 0 aromatic heterocycles. The van der Waals surface area contributed by atoms with Gasteiger partial charge in [0.25, 0.3) is 0 Å². The number of amides is 2. The zero-order valence-electron chi connectivity index (χ0n) is 17.4. The summed E-state index contributed by atoms with van der Waals surface area (Å²) in [4.78, 5) is 43.4. The average molecular weight is 494 g/mol. The number of rotatable bonds is 6. The molecule has 1 heterocycles. The van der Waals surface area contributed by atoms with E-state index in [-0.39, 0.29) is 18.2 Å². The predicted molar refractivity (Wildman–Crippen MR) is 128 cm³/mol. The molecule has 0 bridgehead atoms. The lowest BCUT2D eigenvalue weighted by molar-refractivity contribution is -0.129. The molecule has 2 aromatic rings. The first-order valence-electron chi connectivity index (χ1n) is 9.91. The summed E-state index contributed by atoms with van der Waals surface area (Å²) in [6, 6.07) is 11.3. The quantitative estimate of drug-likeness (QED) is 0.562. The van der Waals surface area contributed by atoms with Crippen LogP contribution in [0.1, 0.15) is 30.6 Å². The van der Waals surface area contributed by atoms with Crippen molar-refractivity contribution in [2.45, 2.75) is 25.5 Å². The van der Waals surface area contributed by atoms with Crippen LogP contribution in [-0.4, -0.2) is 46.3 Å². The highest BCUT2D eigenvalue weighted by atomic mass is 35.5. The van der Waals surface area contributed by atoms with Gasteiger partial charge < -0.3 is 10.1 Å². The van der Waals surface area contributed by atoms with Crippen LogP contribution < -0.4 is 5.32 Å². The largest absolute Gasteiger partial charge is 0.462 e. The molecule has 1 unspecified atom stereocenters. The maximum atomic E-state index is 12.8. The Hall–Kier alpha value is -2.55. The van der Waals surface area contributed by atoms with Gasteiger partial charge in [-0.15, -0.1) is 0 Å². The lowest BCUT2D eigenvalue weighted by atomic mass is 10.2. The molecule has 0 saturated carbocycles. The Morgan fingerprint density at radius 3 is 2.50 bits per heavy atom. The number of ether oxygens (including phenoxy) is 1. The zero-order chi connectivity index (χ0) is 23.3. The highest BCUT2D eigenvalue weighted by molar-refractivity contribution is 8.15. The molecule has 1 fully saturated rings. The molecule has 32 heavy (non-hydrogen) atoms. The fourth-order valence-electron chi connectivity index (χ4n) is 2.95. The summed E-state index contributed by atoms with van der Waals surface area (Å²) in [5.74, 6) is -0.937. The summed E-state index contributed by atoms with van der Waals surface area (Å²) in [5.41, 5.74) is 1.45. The van der Waals surface area contributed by atoms with E-state index in [1.165, 1.54) is 16.7 Å². The molecule has 1 atom stereocenters. The Morgan fingerprint density at radius 1 is 1.16 bits per heavy atom. The minimum atomic E-state index is -0.655. The summed E-state index contributed by atoms with van der Waals surface area (Å²) < 4.78 is 4.98. The van der Waals surface area contributed by atoms with Crippen molar-refractivity contribution in [3.63, 3.8) is 0 Å². The topological polar surface area (TPSA) is 88.1 Å². The Bertz CT molecular complexity index is 1060. The standard InChI is InChI=1S/C22H21Cl2N3O4S/c1-3-27-19(28)12-18(20(29)25-15-9-10-16(23)17(24)11-15)32-22(27)26-14-7-5-13(6-8-14)21(30)31-4-2/h5-11,18H,3-4,12H2,1-2H3,(H,25,29). The first-order chi connectivity index (χ1) is 15.3. The van der Waals surface area contributed by atoms with Crippen molar-refractivity contribution in [1.82, 2.24) is 4.90 Å². The highest BCUT2D eigenvalue weighted by Crippen LogP contribution is 2.31. The molecular weight excluding hydrogens is 473 g/mol. The van der Waals surface area contributed by atoms with E-state index in [0.717, 1.165) is 0 Å². The van der Waals surface area contributed by atoms with Crippen LogP contribution in [0.15, 0.2) is 47.5 Å². The maximum Gasteiger partial charge on any atom is 0.338 e. The number of hydrogen-bond acceptors (Lipinski definition) is 6. The van der Waals surface area contributed by atoms with Gasteiger partial charge in [0.05, 0.1) is 27.9 Å². The lowest BCUT2D eigenvalue weighted by Crippen LogP contribution is -2.45. The van der Waals surface area contributed by atoms with E-state index >= 15 is 0 Å². The Balaban J connectivity index is 1.78. The van der Waals surface area contributed by atoms with Crippen LogP contribution >= 0.6 is 35.0 Å². The van der Waals surface area contributed by atoms with E-state index in [2.05, 4.69) is 10.3 Å². The molecule has 0 spiro atoms. The molecule has 2 amide bonds. The van der Waals surface area contributed by atoms with E-state index in [1.54, 1.807) is 49.4 Å². The second-order valence-electron chi connectivity index (χ2n) is 6.73. The van der Waals surface area contributed by atoms with Gasteiger partial charge in [-0.25, -0.2) is 9.79 Å². The number of carbonyl (C=O) groups is 3. The number of carbonyl (C=O) groups excluding carboxylic acids is 3. The summed E-state index contributed by atoms with van der Waals surface area (Å²) in [7, 11) is 0. The molecule has 1 aliphatic heterocycles. The fraction of sp³-hybridized carbons (Fsp3) is 0.273. The van der Waals surface area contributed by atoms with E-state index < -0.39 is 11.2 Å². The average Bonchev–Trinajstić information content (AvgIpc) is 2.76. The van der Waals surface area contributed by atoms with Crippen molar-refractivity contribution >= 4 is 69.3 Å². The smallest absolute Gasteiger partial charge is 0.338 e. The first kappa shape index (κ1) is 24.1. The van der Waals surface area contributed by atoms with Crippen molar-refractivity contribution in [2.24, 2.45) is 4.99 Å². The Kier molecular flexibility index (Phi) is 8.17. The first-order valence-corrected chi connectivity index (χ1v) is 11.5. The van der Waals surface area contributed by atoms with E-state index in [0.29, 0.717) is 45.3 Å². The van der Waals surface area contributed by atoms with E-state index in [9.17, 15) is 14.4 Å². The number of esters is 1. The molecule has 168 valence electrons. The van der Waals surface area contributed by atoms with Gasteiger partial charge in [-0.2, -0.15) is 0 Å². The molecular formula is C22H21Cl2N3O4S. The van der Waals surface area contributed by atoms with Gasteiger partial charge in [0.1, 0.15) is 5.25 Å². The van der Waals surface area contributed by atoms with Crippen molar-refractivity contribution in [3.05, 3.63) is 58.1 Å². The van der Waals surface area contributed by atoms with Crippen molar-refractivity contribution in [2.75, 3.05) is 18.5 Å². The number of amidine groups is 1. The minimum Gasteiger partial charge on any atom is -0.462 e. The molecule has 7 nitrogen and oxygen atoms in total. The summed E-state index contributed by atoms with van der Waals surface area (Å²) >= 11 is 13.1. The fourth-order valence-corrected chi connectivity index (χ4v) is 4.41. The second-order valence-corrected chi connectivity index (χ2v) is 8.71. The molecule has 2 aromatic carbocycles. The number of aliphatic imine (C=N–C) groups is 1. The van der Waals surface area contributed by atoms with Crippen LogP contribution in [-0.2, 0) is 14.3 Å². The van der Waals surface area contributed by atoms with Gasteiger partial charge in [0, 0.05) is 18.7 Å². The predicted octanol–water partition coefficient (Wildman–Crippen LogP) is 5.15. The van der Waals surface area contributed by atoms with Crippen LogP contribution in [0.4, 0.5) is 11.4 Å². The molecule has 1 saturated heterocycles. The third-order valence-electron chi connectivity index (χ3n) is 4.54. The second kappa shape index (κ2) is 10.8. The van der Waals surface area contributed by atoms with Crippen LogP contribution in [0.3, 0.4) is 0 Å². The van der Waals surface area contributed by atoms with E-state index in [1.807, 2.05) is 6.92 Å². The van der Waals surface area contributed by atoms with Gasteiger partial charge in [-0.1, -0.05) is 35.0 Å². The molecule has 3 rings (SSSR count). The summed E-state index contributed by atoms with van der Waals surface area (Å²) in [5, 5.41) is 3.24. The monoisotopic (exact) mass is 493 g/mol. The highest BCUT2D eigenvalue weighted by Gasteiger charge is 2.35. The van der Waals surface area contributed by atoms with Crippen LogP contribution in [0.2, 0.25) is 10.0 Å². The normalized spacial score (nSPS) is 17.4.